The Morgan fingerprint density at radius 3 is 1.75 bits per heavy atom. The fourth-order valence-electron chi connectivity index (χ4n) is 1.12. The van der Waals surface area contributed by atoms with Crippen molar-refractivity contribution in [3.8, 4) is 18.2 Å². The minimum Gasteiger partial charge on any atom is -0.258 e. The Labute approximate surface area is 92.8 Å². The van der Waals surface area contributed by atoms with Crippen molar-refractivity contribution in [1.82, 2.24) is 0 Å². The molecule has 0 aliphatic carbocycles. The molecule has 1 radical (unpaired) electrons. The van der Waals surface area contributed by atoms with Crippen LogP contribution in [0.5, 0.6) is 0 Å². The summed E-state index contributed by atoms with van der Waals surface area (Å²) >= 11 is 0. The van der Waals surface area contributed by atoms with E-state index in [9.17, 15) is 0 Å². The minimum atomic E-state index is 0.0175. The smallest absolute Gasteiger partial charge is 0.204 e. The van der Waals surface area contributed by atoms with Crippen molar-refractivity contribution in [3.63, 3.8) is 0 Å². The molecule has 0 amide bonds. The molecule has 1 aromatic carbocycles. The van der Waals surface area contributed by atoms with Crippen molar-refractivity contribution >= 4 is 11.4 Å². The number of allylic oxidation sites excluding steroid dienone is 1. The largest absolute Gasteiger partial charge is 0.258 e. The molecule has 0 fully saturated rings. The first-order valence-electron chi connectivity index (χ1n) is 4.24. The molecule has 1 N–H and O–H groups in total. The molecule has 0 atom stereocenters. The molecule has 0 bridgehead atoms. The molecular weight excluding hydrogens is 200 g/mol. The van der Waals surface area contributed by atoms with E-state index in [-0.39, 0.29) is 11.5 Å². The van der Waals surface area contributed by atoms with E-state index in [2.05, 4.69) is 0 Å². The van der Waals surface area contributed by atoms with Crippen molar-refractivity contribution in [3.05, 3.63) is 41.3 Å². The molecule has 4 heteroatoms. The lowest BCUT2D eigenvalue weighted by Gasteiger charge is -2.00. The summed E-state index contributed by atoms with van der Waals surface area (Å²) in [6.45, 7) is 0. The highest BCUT2D eigenvalue weighted by Gasteiger charge is 2.10. The van der Waals surface area contributed by atoms with Crippen molar-refractivity contribution in [1.29, 1.82) is 21.2 Å². The predicted octanol–water partition coefficient (Wildman–Crippen LogP) is 1.81. The Bertz CT molecular complexity index is 543. The van der Waals surface area contributed by atoms with Gasteiger partial charge in [-0.25, -0.2) is 0 Å². The Hall–Kier alpha value is -2.86. The lowest BCUT2D eigenvalue weighted by Crippen LogP contribution is -1.93. The molecule has 0 saturated carbocycles. The van der Waals surface area contributed by atoms with E-state index in [4.69, 9.17) is 21.2 Å². The Morgan fingerprint density at radius 2 is 1.38 bits per heavy atom. The molecule has 0 spiro atoms. The van der Waals surface area contributed by atoms with Crippen LogP contribution < -0.4 is 0 Å². The number of benzene rings is 1. The van der Waals surface area contributed by atoms with E-state index in [0.717, 1.165) is 0 Å². The molecule has 16 heavy (non-hydrogen) atoms. The first-order valence-corrected chi connectivity index (χ1v) is 4.24. The maximum Gasteiger partial charge on any atom is 0.204 e. The van der Waals surface area contributed by atoms with Crippen LogP contribution in [0.4, 0.5) is 0 Å². The van der Waals surface area contributed by atoms with Crippen LogP contribution >= 0.6 is 0 Å². The third-order valence-electron chi connectivity index (χ3n) is 1.92. The summed E-state index contributed by atoms with van der Waals surface area (Å²) in [6.07, 6.45) is 0. The second-order valence-corrected chi connectivity index (χ2v) is 2.79. The molecule has 1 aromatic rings. The van der Waals surface area contributed by atoms with Crippen LogP contribution in [0.1, 0.15) is 11.1 Å². The van der Waals surface area contributed by atoms with Gasteiger partial charge in [0, 0.05) is 5.56 Å². The van der Waals surface area contributed by atoms with Gasteiger partial charge in [0.15, 0.2) is 0 Å². The number of nitrogens with one attached hydrogen (secondary N) is 1. The highest BCUT2D eigenvalue weighted by atomic mass is 14.3. The first-order chi connectivity index (χ1) is 7.76. The van der Waals surface area contributed by atoms with E-state index >= 15 is 0 Å². The van der Waals surface area contributed by atoms with Gasteiger partial charge in [-0.3, -0.25) is 5.41 Å². The van der Waals surface area contributed by atoms with Crippen LogP contribution in [0.2, 0.25) is 0 Å². The Balaban J connectivity index is 3.12. The summed E-state index contributed by atoms with van der Waals surface area (Å²) in [5.41, 5.74) is 1.15. The predicted molar refractivity (Wildman–Crippen MR) is 56.8 cm³/mol. The monoisotopic (exact) mass is 205 g/mol. The van der Waals surface area contributed by atoms with Crippen LogP contribution in [0.3, 0.4) is 0 Å². The van der Waals surface area contributed by atoms with Crippen LogP contribution in [0, 0.1) is 45.3 Å². The number of nitrogens with zero attached hydrogens (tertiary/aromatic N) is 3. The molecule has 73 valence electrons. The second kappa shape index (κ2) is 5.13. The standard InChI is InChI=1S/C12H5N4/c13-5-11(6-14)9-1-2-10(4-3-9)12(7-15)8-16/h1-4,13H. The van der Waals surface area contributed by atoms with Crippen LogP contribution in [-0.2, 0) is 0 Å². The van der Waals surface area contributed by atoms with Gasteiger partial charge in [0.1, 0.15) is 11.6 Å². The fraction of sp³-hybridized carbons (Fsp3) is 0. The highest BCUT2D eigenvalue weighted by Crippen LogP contribution is 2.17. The zero-order valence-electron chi connectivity index (χ0n) is 8.15. The van der Waals surface area contributed by atoms with E-state index in [1.54, 1.807) is 36.4 Å². The van der Waals surface area contributed by atoms with E-state index in [0.29, 0.717) is 11.1 Å². The quantitative estimate of drug-likeness (QED) is 0.589. The minimum absolute atomic E-state index is 0.0175. The Kier molecular flexibility index (Phi) is 3.59. The van der Waals surface area contributed by atoms with Gasteiger partial charge in [0.25, 0.3) is 0 Å². The summed E-state index contributed by atoms with van der Waals surface area (Å²) in [5.74, 6) is 2.03. The van der Waals surface area contributed by atoms with Gasteiger partial charge in [0.2, 0.25) is 5.92 Å². The van der Waals surface area contributed by atoms with Crippen molar-refractivity contribution in [2.45, 2.75) is 0 Å². The van der Waals surface area contributed by atoms with Gasteiger partial charge in [-0.05, 0) is 11.4 Å². The summed E-state index contributed by atoms with van der Waals surface area (Å²) < 4.78 is 0. The normalized spacial score (nSPS) is 8.38. The molecule has 0 unspecified atom stereocenters. The van der Waals surface area contributed by atoms with Crippen molar-refractivity contribution in [2.75, 3.05) is 0 Å². The van der Waals surface area contributed by atoms with Crippen molar-refractivity contribution in [2.24, 2.45) is 0 Å². The maximum absolute atomic E-state index is 8.67. The third-order valence-corrected chi connectivity index (χ3v) is 1.92. The fourth-order valence-corrected chi connectivity index (χ4v) is 1.12. The topological polar surface area (TPSA) is 95.2 Å². The van der Waals surface area contributed by atoms with E-state index < -0.39 is 0 Å². The van der Waals surface area contributed by atoms with E-state index in [1.807, 2.05) is 11.9 Å². The lowest BCUT2D eigenvalue weighted by molar-refractivity contribution is 1.32. The zero-order valence-corrected chi connectivity index (χ0v) is 8.15. The SMILES string of the molecule is N#C[C](C#N)c1ccc(C(=C=N)C#N)cc1. The molecule has 0 aliphatic heterocycles. The summed E-state index contributed by atoms with van der Waals surface area (Å²) in [5, 5.41) is 32.8. The van der Waals surface area contributed by atoms with Gasteiger partial charge in [-0.2, -0.15) is 15.8 Å². The van der Waals surface area contributed by atoms with Gasteiger partial charge in [0.05, 0.1) is 12.1 Å². The summed E-state index contributed by atoms with van der Waals surface area (Å²) in [4.78, 5) is 0. The van der Waals surface area contributed by atoms with Crippen LogP contribution in [-0.4, -0.2) is 5.87 Å². The molecule has 0 heterocycles. The molecule has 0 saturated heterocycles. The maximum atomic E-state index is 8.67. The third kappa shape index (κ3) is 2.14. The molecule has 1 rings (SSSR count). The summed E-state index contributed by atoms with van der Waals surface area (Å²) in [6, 6.07) is 11.6. The zero-order chi connectivity index (χ0) is 12.0. The Morgan fingerprint density at radius 1 is 0.875 bits per heavy atom. The number of hydrogen-bond donors (Lipinski definition) is 1. The highest BCUT2D eigenvalue weighted by molar-refractivity contribution is 5.96. The molecule has 4 nitrogen and oxygen atoms in total. The molecular formula is C12H5N4. The van der Waals surface area contributed by atoms with Crippen LogP contribution in [0.15, 0.2) is 24.3 Å². The lowest BCUT2D eigenvalue weighted by atomic mass is 9.99. The first kappa shape index (κ1) is 11.2. The summed E-state index contributed by atoms with van der Waals surface area (Å²) in [7, 11) is 0. The van der Waals surface area contributed by atoms with Gasteiger partial charge >= 0.3 is 0 Å². The number of hydrogen-bond acceptors (Lipinski definition) is 4. The van der Waals surface area contributed by atoms with Crippen molar-refractivity contribution < 1.29 is 0 Å². The average molecular weight is 205 g/mol. The molecule has 0 aliphatic rings. The molecule has 0 aromatic heterocycles. The average Bonchev–Trinajstić information content (AvgIpc) is 2.34. The van der Waals surface area contributed by atoms with Gasteiger partial charge < -0.3 is 0 Å². The van der Waals surface area contributed by atoms with Gasteiger partial charge in [-0.1, -0.05) is 24.3 Å². The van der Waals surface area contributed by atoms with Gasteiger partial charge in [-0.15, -0.1) is 0 Å². The second-order valence-electron chi connectivity index (χ2n) is 2.79. The number of nitriles is 3. The number of rotatable bonds is 2. The van der Waals surface area contributed by atoms with E-state index in [1.165, 1.54) is 0 Å². The van der Waals surface area contributed by atoms with Crippen LogP contribution in [0.25, 0.3) is 5.57 Å².